The van der Waals surface area contributed by atoms with Crippen LogP contribution in [0.2, 0.25) is 5.02 Å². The quantitative estimate of drug-likeness (QED) is 0.188. The molecule has 1 aliphatic rings. The third-order valence-electron chi connectivity index (χ3n) is 3.89. The molecule has 0 spiro atoms. The number of fused-ring (bicyclic) bond motifs is 2. The van der Waals surface area contributed by atoms with Gasteiger partial charge in [0, 0.05) is 26.7 Å². The SMILES string of the molecule is C.C=C.O=S(=O)([O-])CN1C(=Cc2sc3ccc(Cl)cc3[n+]2CS(=O)(=O)[O-])Sc2cscc21.[K+]. The summed E-state index contributed by atoms with van der Waals surface area (Å²) in [7, 11) is -9.17. The van der Waals surface area contributed by atoms with Crippen molar-refractivity contribution in [2.24, 2.45) is 0 Å². The molecule has 0 fully saturated rings. The van der Waals surface area contributed by atoms with Crippen molar-refractivity contribution in [2.45, 2.75) is 18.2 Å². The molecule has 8 nitrogen and oxygen atoms in total. The molecule has 15 heteroatoms. The monoisotopic (exact) mass is 592 g/mol. The summed E-state index contributed by atoms with van der Waals surface area (Å²) in [5, 5.41) is 4.78. The molecule has 0 saturated heterocycles. The van der Waals surface area contributed by atoms with Crippen LogP contribution < -0.4 is 60.9 Å². The first-order chi connectivity index (χ1) is 14.5. The molecule has 4 rings (SSSR count). The minimum Gasteiger partial charge on any atom is -0.747 e. The Morgan fingerprint density at radius 1 is 1.12 bits per heavy atom. The van der Waals surface area contributed by atoms with Gasteiger partial charge in [-0.2, -0.15) is 4.57 Å². The number of thioether (sulfide) groups is 1. The predicted octanol–water partition coefficient (Wildman–Crippen LogP) is 1.26. The normalized spacial score (nSPS) is 14.3. The molecule has 0 radical (unpaired) electrons. The fourth-order valence-electron chi connectivity index (χ4n) is 2.82. The summed E-state index contributed by atoms with van der Waals surface area (Å²) < 4.78 is 70.5. The molecular formula is C18H18ClKN2O6S5. The zero-order chi connectivity index (χ0) is 23.0. The van der Waals surface area contributed by atoms with Crippen molar-refractivity contribution in [3.63, 3.8) is 0 Å². The number of thiophene rings is 1. The number of anilines is 1. The summed E-state index contributed by atoms with van der Waals surface area (Å²) in [6, 6.07) is 4.90. The van der Waals surface area contributed by atoms with E-state index < -0.39 is 32.0 Å². The van der Waals surface area contributed by atoms with Crippen molar-refractivity contribution < 1.29 is 81.9 Å². The average molecular weight is 593 g/mol. The molecule has 3 heterocycles. The Kier molecular flexibility index (Phi) is 11.8. The average Bonchev–Trinajstić information content (AvgIpc) is 3.32. The van der Waals surface area contributed by atoms with E-state index in [1.807, 2.05) is 5.38 Å². The maximum absolute atomic E-state index is 11.4. The maximum atomic E-state index is 11.4. The van der Waals surface area contributed by atoms with E-state index in [-0.39, 0.29) is 58.8 Å². The van der Waals surface area contributed by atoms with Gasteiger partial charge in [-0.15, -0.1) is 24.5 Å². The molecule has 174 valence electrons. The van der Waals surface area contributed by atoms with Crippen LogP contribution in [0.25, 0.3) is 16.3 Å². The Bertz CT molecular complexity index is 1380. The number of thiazole rings is 1. The number of hydrogen-bond donors (Lipinski definition) is 0. The largest absolute Gasteiger partial charge is 1.00 e. The summed E-state index contributed by atoms with van der Waals surface area (Å²) in [5.74, 6) is -1.57. The van der Waals surface area contributed by atoms with Crippen molar-refractivity contribution in [1.82, 2.24) is 0 Å². The van der Waals surface area contributed by atoms with Crippen LogP contribution in [0.1, 0.15) is 12.4 Å². The molecule has 33 heavy (non-hydrogen) atoms. The van der Waals surface area contributed by atoms with Gasteiger partial charge in [0.15, 0.2) is 10.1 Å². The maximum Gasteiger partial charge on any atom is 1.00 e. The minimum absolute atomic E-state index is 0. The molecule has 2 aromatic heterocycles. The molecule has 0 atom stereocenters. The summed E-state index contributed by atoms with van der Waals surface area (Å²) in [6.45, 7) is 6.00. The van der Waals surface area contributed by atoms with Gasteiger partial charge in [-0.05, 0) is 12.1 Å². The van der Waals surface area contributed by atoms with Crippen LogP contribution in [0.15, 0.2) is 52.0 Å². The fraction of sp³-hybridized carbons (Fsp3) is 0.167. The van der Waals surface area contributed by atoms with Crippen LogP contribution in [-0.2, 0) is 26.1 Å². The molecule has 0 saturated carbocycles. The van der Waals surface area contributed by atoms with Gasteiger partial charge >= 0.3 is 51.4 Å². The van der Waals surface area contributed by atoms with Gasteiger partial charge in [0.25, 0.3) is 5.01 Å². The van der Waals surface area contributed by atoms with Crippen LogP contribution in [-0.4, -0.2) is 31.8 Å². The summed E-state index contributed by atoms with van der Waals surface area (Å²) in [5.41, 5.74) is 1.06. The standard InChI is InChI=1S/C15H11ClN2O6S5.C2H4.CH4.K/c16-9-1-2-12-10(3-9)17(7-28(19,20)21)14(26-12)4-15-18(8-29(22,23)24)11-5-25-6-13(11)27-15;1-2;;/h1-6H,7-8H2,(H-,19,20,21,22,23,24);1-2H2;1H4;/q;;;+1/p-1. The van der Waals surface area contributed by atoms with Gasteiger partial charge < -0.3 is 14.0 Å². The van der Waals surface area contributed by atoms with E-state index in [9.17, 15) is 25.9 Å². The molecular weight excluding hydrogens is 575 g/mol. The number of benzene rings is 1. The number of rotatable bonds is 5. The zero-order valence-corrected chi connectivity index (χ0v) is 24.5. The van der Waals surface area contributed by atoms with Crippen molar-refractivity contribution in [1.29, 1.82) is 0 Å². The van der Waals surface area contributed by atoms with Gasteiger partial charge in [-0.3, -0.25) is 0 Å². The molecule has 1 aliphatic heterocycles. The molecule has 1 aromatic carbocycles. The first-order valence-corrected chi connectivity index (χ1v) is 14.3. The first-order valence-electron chi connectivity index (χ1n) is 8.22. The van der Waals surface area contributed by atoms with Gasteiger partial charge in [0.1, 0.15) is 20.7 Å². The molecule has 0 N–H and O–H groups in total. The second-order valence-corrected chi connectivity index (χ2v) is 12.0. The second-order valence-electron chi connectivity index (χ2n) is 5.99. The van der Waals surface area contributed by atoms with Crippen molar-refractivity contribution in [3.05, 3.63) is 57.2 Å². The van der Waals surface area contributed by atoms with E-state index in [1.54, 1.807) is 29.7 Å². The van der Waals surface area contributed by atoms with E-state index in [2.05, 4.69) is 13.2 Å². The number of aromatic nitrogens is 1. The molecule has 0 aliphatic carbocycles. The van der Waals surface area contributed by atoms with Gasteiger partial charge in [0.2, 0.25) is 11.4 Å². The third kappa shape index (κ3) is 7.83. The Morgan fingerprint density at radius 2 is 1.79 bits per heavy atom. The Balaban J connectivity index is 0.00000133. The van der Waals surface area contributed by atoms with E-state index in [1.165, 1.54) is 43.9 Å². The van der Waals surface area contributed by atoms with Crippen LogP contribution in [0.5, 0.6) is 0 Å². The summed E-state index contributed by atoms with van der Waals surface area (Å²) in [4.78, 5) is 2.16. The van der Waals surface area contributed by atoms with Crippen molar-refractivity contribution in [3.8, 4) is 0 Å². The van der Waals surface area contributed by atoms with Crippen molar-refractivity contribution in [2.75, 3.05) is 10.8 Å². The topological polar surface area (TPSA) is 122 Å². The Morgan fingerprint density at radius 3 is 2.39 bits per heavy atom. The van der Waals surface area contributed by atoms with Crippen LogP contribution in [0.3, 0.4) is 0 Å². The van der Waals surface area contributed by atoms with Crippen molar-refractivity contribution >= 4 is 88.3 Å². The van der Waals surface area contributed by atoms with Gasteiger partial charge in [-0.1, -0.05) is 42.1 Å². The molecule has 0 unspecified atom stereocenters. The van der Waals surface area contributed by atoms with E-state index in [0.717, 1.165) is 4.90 Å². The van der Waals surface area contributed by atoms with E-state index in [0.29, 0.717) is 31.0 Å². The molecule has 0 bridgehead atoms. The predicted molar refractivity (Wildman–Crippen MR) is 130 cm³/mol. The van der Waals surface area contributed by atoms with Crippen LogP contribution in [0, 0.1) is 0 Å². The van der Waals surface area contributed by atoms with E-state index >= 15 is 0 Å². The minimum atomic E-state index is -4.61. The number of hydrogen-bond acceptors (Lipinski definition) is 10. The second kappa shape index (κ2) is 12.4. The number of nitrogens with zero attached hydrogens (tertiary/aromatic N) is 2. The smallest absolute Gasteiger partial charge is 0.747 e. The Labute approximate surface area is 252 Å². The fourth-order valence-corrected chi connectivity index (χ4v) is 7.56. The third-order valence-corrected chi connectivity index (χ3v) is 8.36. The Hall–Kier alpha value is 0.186. The van der Waals surface area contributed by atoms with Crippen LogP contribution in [0.4, 0.5) is 5.69 Å². The number of halogens is 1. The summed E-state index contributed by atoms with van der Waals surface area (Å²) in [6.07, 6.45) is 1.57. The summed E-state index contributed by atoms with van der Waals surface area (Å²) >= 11 is 9.87. The zero-order valence-electron chi connectivity index (χ0n) is 16.6. The first kappa shape index (κ1) is 31.2. The van der Waals surface area contributed by atoms with Gasteiger partial charge in [0.05, 0.1) is 16.8 Å². The van der Waals surface area contributed by atoms with Gasteiger partial charge in [-0.25, -0.2) is 16.8 Å². The van der Waals surface area contributed by atoms with Crippen LogP contribution >= 0.6 is 46.0 Å². The van der Waals surface area contributed by atoms with E-state index in [4.69, 9.17) is 11.6 Å². The molecule has 3 aromatic rings. The molecule has 0 amide bonds.